The number of piperidine rings is 1. The highest BCUT2D eigenvalue weighted by Gasteiger charge is 2.36. The van der Waals surface area contributed by atoms with Crippen LogP contribution in [0.5, 0.6) is 0 Å². The summed E-state index contributed by atoms with van der Waals surface area (Å²) >= 11 is 6.48. The molecule has 26 heavy (non-hydrogen) atoms. The molecule has 1 heterocycles. The number of carbonyl (C=O) groups is 1. The highest BCUT2D eigenvalue weighted by molar-refractivity contribution is 6.31. The summed E-state index contributed by atoms with van der Waals surface area (Å²) in [6.45, 7) is 3.53. The molecule has 2 N–H and O–H groups in total. The van der Waals surface area contributed by atoms with Crippen molar-refractivity contribution < 1.29 is 4.79 Å². The lowest BCUT2D eigenvalue weighted by molar-refractivity contribution is -0.137. The molecular weight excluding hydrogens is 346 g/mol. The van der Waals surface area contributed by atoms with E-state index in [1.807, 2.05) is 6.07 Å². The molecule has 4 nitrogen and oxygen atoms in total. The van der Waals surface area contributed by atoms with Crippen molar-refractivity contribution in [1.29, 1.82) is 0 Å². The van der Waals surface area contributed by atoms with Crippen LogP contribution in [0.15, 0.2) is 18.2 Å². The minimum absolute atomic E-state index is 0.133. The van der Waals surface area contributed by atoms with Gasteiger partial charge in [-0.25, -0.2) is 0 Å². The lowest BCUT2D eigenvalue weighted by Crippen LogP contribution is -2.43. The molecule has 1 aromatic carbocycles. The van der Waals surface area contributed by atoms with Crippen LogP contribution >= 0.6 is 11.6 Å². The molecule has 142 valence electrons. The summed E-state index contributed by atoms with van der Waals surface area (Å²) in [4.78, 5) is 15.2. The van der Waals surface area contributed by atoms with Crippen molar-refractivity contribution >= 4 is 17.5 Å². The van der Waals surface area contributed by atoms with Crippen LogP contribution in [0.1, 0.15) is 49.7 Å². The average molecular weight is 376 g/mol. The Morgan fingerprint density at radius 2 is 2.08 bits per heavy atom. The number of hydrogen-bond donors (Lipinski definition) is 2. The normalized spacial score (nSPS) is 23.0. The Balaban J connectivity index is 1.41. The Kier molecular flexibility index (Phi) is 5.82. The van der Waals surface area contributed by atoms with Crippen molar-refractivity contribution in [3.05, 3.63) is 34.3 Å². The fourth-order valence-electron chi connectivity index (χ4n) is 3.87. The molecule has 1 unspecified atom stereocenters. The first kappa shape index (κ1) is 18.3. The summed E-state index contributed by atoms with van der Waals surface area (Å²) in [6.07, 6.45) is 8.03. The number of carbonyl (C=O) groups excluding carboxylic acids is 1. The summed E-state index contributed by atoms with van der Waals surface area (Å²) in [7, 11) is 0. The second kappa shape index (κ2) is 8.28. The molecule has 2 saturated carbocycles. The van der Waals surface area contributed by atoms with Crippen molar-refractivity contribution in [2.45, 2.75) is 63.6 Å². The fraction of sp³-hybridized carbons (Fsp3) is 0.667. The van der Waals surface area contributed by atoms with Crippen LogP contribution in [0, 0.1) is 5.92 Å². The summed E-state index contributed by atoms with van der Waals surface area (Å²) in [5, 5.41) is 7.72. The SMILES string of the molecule is O=C(C1CCCNC1)N(Cc1cc(CCNC2CC2)ccc1Cl)C1CC1. The molecule has 1 amide bonds. The first-order chi connectivity index (χ1) is 12.7. The molecule has 3 fully saturated rings. The third-order valence-electron chi connectivity index (χ3n) is 5.79. The number of nitrogens with one attached hydrogen (secondary N) is 2. The standard InChI is InChI=1S/C21H30ClN3O/c22-20-8-3-15(9-11-24-18-4-5-18)12-17(20)14-25(19-6-7-19)21(26)16-2-1-10-23-13-16/h3,8,12,16,18-19,23-24H,1-2,4-7,9-11,13-14H2. The first-order valence-electron chi connectivity index (χ1n) is 10.2. The molecule has 0 bridgehead atoms. The molecule has 5 heteroatoms. The van der Waals surface area contributed by atoms with Crippen molar-refractivity contribution in [2.75, 3.05) is 19.6 Å². The highest BCUT2D eigenvalue weighted by atomic mass is 35.5. The number of hydrogen-bond acceptors (Lipinski definition) is 3. The van der Waals surface area contributed by atoms with Gasteiger partial charge in [0.2, 0.25) is 5.91 Å². The van der Waals surface area contributed by atoms with Gasteiger partial charge in [0.1, 0.15) is 0 Å². The van der Waals surface area contributed by atoms with Crippen molar-refractivity contribution in [1.82, 2.24) is 15.5 Å². The van der Waals surface area contributed by atoms with Crippen LogP contribution in [-0.4, -0.2) is 42.5 Å². The van der Waals surface area contributed by atoms with Crippen LogP contribution in [0.25, 0.3) is 0 Å². The van der Waals surface area contributed by atoms with Gasteiger partial charge in [-0.15, -0.1) is 0 Å². The zero-order valence-corrected chi connectivity index (χ0v) is 16.2. The number of halogens is 1. The van der Waals surface area contributed by atoms with Gasteiger partial charge in [0, 0.05) is 30.2 Å². The Labute approximate surface area is 161 Å². The zero-order valence-electron chi connectivity index (χ0n) is 15.5. The monoisotopic (exact) mass is 375 g/mol. The lowest BCUT2D eigenvalue weighted by atomic mass is 9.97. The van der Waals surface area contributed by atoms with Crippen LogP contribution < -0.4 is 10.6 Å². The molecule has 1 saturated heterocycles. The fourth-order valence-corrected chi connectivity index (χ4v) is 4.04. The highest BCUT2D eigenvalue weighted by Crippen LogP contribution is 2.32. The van der Waals surface area contributed by atoms with Crippen LogP contribution in [0.2, 0.25) is 5.02 Å². The van der Waals surface area contributed by atoms with E-state index in [2.05, 4.69) is 27.7 Å². The smallest absolute Gasteiger partial charge is 0.227 e. The van der Waals surface area contributed by atoms with E-state index in [-0.39, 0.29) is 5.92 Å². The van der Waals surface area contributed by atoms with Crippen LogP contribution in [0.3, 0.4) is 0 Å². The van der Waals surface area contributed by atoms with Crippen molar-refractivity contribution in [3.63, 3.8) is 0 Å². The van der Waals surface area contributed by atoms with Gasteiger partial charge in [-0.1, -0.05) is 23.7 Å². The predicted molar refractivity (Wildman–Crippen MR) is 105 cm³/mol. The van der Waals surface area contributed by atoms with E-state index in [4.69, 9.17) is 11.6 Å². The second-order valence-corrected chi connectivity index (χ2v) is 8.55. The Morgan fingerprint density at radius 3 is 2.77 bits per heavy atom. The van der Waals surface area contributed by atoms with Crippen LogP contribution in [-0.2, 0) is 17.8 Å². The van der Waals surface area contributed by atoms with Gasteiger partial charge in [0.15, 0.2) is 0 Å². The second-order valence-electron chi connectivity index (χ2n) is 8.14. The third kappa shape index (κ3) is 4.79. The Bertz CT molecular complexity index is 636. The van der Waals surface area contributed by atoms with Gasteiger partial charge >= 0.3 is 0 Å². The first-order valence-corrected chi connectivity index (χ1v) is 10.6. The summed E-state index contributed by atoms with van der Waals surface area (Å²) in [6, 6.07) is 7.49. The molecule has 1 aromatic rings. The number of benzene rings is 1. The van der Waals surface area contributed by atoms with Crippen molar-refractivity contribution in [2.24, 2.45) is 5.92 Å². The quantitative estimate of drug-likeness (QED) is 0.733. The summed E-state index contributed by atoms with van der Waals surface area (Å²) < 4.78 is 0. The maximum absolute atomic E-state index is 13.1. The number of rotatable bonds is 8. The van der Waals surface area contributed by atoms with Gasteiger partial charge in [-0.05, 0) is 75.2 Å². The van der Waals surface area contributed by atoms with Gasteiger partial charge < -0.3 is 15.5 Å². The van der Waals surface area contributed by atoms with E-state index < -0.39 is 0 Å². The van der Waals surface area contributed by atoms with E-state index in [1.165, 1.54) is 18.4 Å². The zero-order chi connectivity index (χ0) is 17.9. The molecular formula is C21H30ClN3O. The molecule has 1 atom stereocenters. The van der Waals surface area contributed by atoms with E-state index in [1.54, 1.807) is 0 Å². The van der Waals surface area contributed by atoms with Gasteiger partial charge in [0.05, 0.1) is 5.92 Å². The molecule has 1 aliphatic heterocycles. The molecule has 0 aromatic heterocycles. The van der Waals surface area contributed by atoms with E-state index in [9.17, 15) is 4.79 Å². The Morgan fingerprint density at radius 1 is 1.23 bits per heavy atom. The predicted octanol–water partition coefficient (Wildman–Crippen LogP) is 3.13. The lowest BCUT2D eigenvalue weighted by Gasteiger charge is -2.30. The van der Waals surface area contributed by atoms with E-state index in [0.717, 1.165) is 68.4 Å². The summed E-state index contributed by atoms with van der Waals surface area (Å²) in [5.74, 6) is 0.450. The molecule has 0 radical (unpaired) electrons. The maximum atomic E-state index is 13.1. The van der Waals surface area contributed by atoms with Gasteiger partial charge in [-0.2, -0.15) is 0 Å². The van der Waals surface area contributed by atoms with E-state index in [0.29, 0.717) is 18.5 Å². The van der Waals surface area contributed by atoms with Gasteiger partial charge in [-0.3, -0.25) is 4.79 Å². The Hall–Kier alpha value is -1.10. The molecule has 0 spiro atoms. The minimum atomic E-state index is 0.133. The summed E-state index contributed by atoms with van der Waals surface area (Å²) in [5.41, 5.74) is 2.40. The maximum Gasteiger partial charge on any atom is 0.227 e. The largest absolute Gasteiger partial charge is 0.335 e. The van der Waals surface area contributed by atoms with Gasteiger partial charge in [0.25, 0.3) is 0 Å². The number of amides is 1. The molecule has 4 rings (SSSR count). The number of nitrogens with zero attached hydrogens (tertiary/aromatic N) is 1. The molecule has 3 aliphatic rings. The topological polar surface area (TPSA) is 44.4 Å². The van der Waals surface area contributed by atoms with Crippen LogP contribution in [0.4, 0.5) is 0 Å². The molecule has 2 aliphatic carbocycles. The van der Waals surface area contributed by atoms with Crippen molar-refractivity contribution in [3.8, 4) is 0 Å². The minimum Gasteiger partial charge on any atom is -0.335 e. The van der Waals surface area contributed by atoms with E-state index >= 15 is 0 Å². The average Bonchev–Trinajstić information content (AvgIpc) is 3.56. The third-order valence-corrected chi connectivity index (χ3v) is 6.16.